The van der Waals surface area contributed by atoms with Gasteiger partial charge in [0.1, 0.15) is 18.0 Å². The highest BCUT2D eigenvalue weighted by atomic mass is 16.1. The second kappa shape index (κ2) is 11.1. The molecule has 0 bridgehead atoms. The third kappa shape index (κ3) is 6.07. The zero-order chi connectivity index (χ0) is 26.5. The zero-order valence-corrected chi connectivity index (χ0v) is 21.5. The Morgan fingerprint density at radius 2 is 1.76 bits per heavy atom. The Bertz CT molecular complexity index is 1440. The number of carbonyl (C=O) groups excluding carboxylic acids is 2. The quantitative estimate of drug-likeness (QED) is 0.321. The summed E-state index contributed by atoms with van der Waals surface area (Å²) in [5, 5.41) is 4.24. The van der Waals surface area contributed by atoms with Crippen molar-refractivity contribution >= 4 is 34.2 Å². The molecule has 0 radical (unpaired) electrons. The fourth-order valence-corrected chi connectivity index (χ4v) is 4.21. The van der Waals surface area contributed by atoms with E-state index in [0.717, 1.165) is 16.9 Å². The number of nitrogens with zero attached hydrogens (tertiary/aromatic N) is 5. The Morgan fingerprint density at radius 1 is 0.973 bits per heavy atom. The van der Waals surface area contributed by atoms with Crippen LogP contribution in [0.5, 0.6) is 0 Å². The standard InChI is InChI=1S/C28H31N7O2/c1-34(2)16-23(33-28-22-10-6-9-21(27(29)37)26(22)31-17-32-28)19-8-5-7-18(13-19)14-24(36)20-11-12-30-25(15-20)35(3)4/h5-13,15,17,23H,14,16H2,1-4H3,(H2,29,37)(H,31,32,33). The van der Waals surface area contributed by atoms with Crippen LogP contribution in [0.4, 0.5) is 11.6 Å². The van der Waals surface area contributed by atoms with Gasteiger partial charge in [0.15, 0.2) is 5.78 Å². The zero-order valence-electron chi connectivity index (χ0n) is 21.5. The van der Waals surface area contributed by atoms with Crippen molar-refractivity contribution in [1.82, 2.24) is 19.9 Å². The van der Waals surface area contributed by atoms with Gasteiger partial charge in [0.2, 0.25) is 0 Å². The molecule has 2 aromatic carbocycles. The van der Waals surface area contributed by atoms with E-state index >= 15 is 0 Å². The summed E-state index contributed by atoms with van der Waals surface area (Å²) in [5.74, 6) is 0.839. The first-order chi connectivity index (χ1) is 17.7. The maximum Gasteiger partial charge on any atom is 0.250 e. The van der Waals surface area contributed by atoms with Gasteiger partial charge in [-0.1, -0.05) is 30.3 Å². The highest BCUT2D eigenvalue weighted by Gasteiger charge is 2.18. The number of hydrogen-bond acceptors (Lipinski definition) is 8. The topological polar surface area (TPSA) is 117 Å². The fraction of sp³-hybridized carbons (Fsp3) is 0.250. The predicted molar refractivity (Wildman–Crippen MR) is 146 cm³/mol. The number of fused-ring (bicyclic) bond motifs is 1. The number of amides is 1. The van der Waals surface area contributed by atoms with Crippen molar-refractivity contribution in [3.8, 4) is 0 Å². The largest absolute Gasteiger partial charge is 0.366 e. The number of carbonyl (C=O) groups is 2. The molecule has 1 unspecified atom stereocenters. The summed E-state index contributed by atoms with van der Waals surface area (Å²) in [6, 6.07) is 16.7. The lowest BCUT2D eigenvalue weighted by Crippen LogP contribution is -2.26. The predicted octanol–water partition coefficient (Wildman–Crippen LogP) is 3.33. The molecular formula is C28H31N7O2. The van der Waals surface area contributed by atoms with Gasteiger partial charge in [0.05, 0.1) is 17.1 Å². The molecule has 1 atom stereocenters. The maximum absolute atomic E-state index is 13.0. The van der Waals surface area contributed by atoms with E-state index in [4.69, 9.17) is 5.73 Å². The van der Waals surface area contributed by atoms with E-state index in [9.17, 15) is 9.59 Å². The van der Waals surface area contributed by atoms with Crippen molar-refractivity contribution in [3.05, 3.63) is 89.4 Å². The number of nitrogens with two attached hydrogens (primary N) is 1. The van der Waals surface area contributed by atoms with Gasteiger partial charge in [-0.05, 0) is 49.5 Å². The number of hydrogen-bond donors (Lipinski definition) is 2. The number of rotatable bonds is 10. The van der Waals surface area contributed by atoms with E-state index in [1.165, 1.54) is 6.33 Å². The highest BCUT2D eigenvalue weighted by Crippen LogP contribution is 2.27. The number of pyridine rings is 1. The van der Waals surface area contributed by atoms with E-state index < -0.39 is 5.91 Å². The summed E-state index contributed by atoms with van der Waals surface area (Å²) in [7, 11) is 7.79. The van der Waals surface area contributed by atoms with Gasteiger partial charge >= 0.3 is 0 Å². The van der Waals surface area contributed by atoms with Crippen molar-refractivity contribution in [3.63, 3.8) is 0 Å². The van der Waals surface area contributed by atoms with Gasteiger partial charge in [0.25, 0.3) is 5.91 Å². The van der Waals surface area contributed by atoms with E-state index in [1.54, 1.807) is 24.4 Å². The first-order valence-electron chi connectivity index (χ1n) is 11.9. The van der Waals surface area contributed by atoms with Gasteiger partial charge in [-0.2, -0.15) is 0 Å². The summed E-state index contributed by atoms with van der Waals surface area (Å²) < 4.78 is 0. The molecular weight excluding hydrogens is 466 g/mol. The second-order valence-corrected chi connectivity index (χ2v) is 9.39. The molecule has 0 saturated carbocycles. The lowest BCUT2D eigenvalue weighted by molar-refractivity contribution is 0.0988. The number of anilines is 2. The molecule has 2 aromatic heterocycles. The van der Waals surface area contributed by atoms with Gasteiger partial charge in [-0.15, -0.1) is 0 Å². The molecule has 0 saturated heterocycles. The van der Waals surface area contributed by atoms with Crippen LogP contribution in [0.25, 0.3) is 10.9 Å². The first kappa shape index (κ1) is 25.7. The molecule has 2 heterocycles. The van der Waals surface area contributed by atoms with Crippen LogP contribution in [0.15, 0.2) is 67.1 Å². The van der Waals surface area contributed by atoms with Crippen LogP contribution in [-0.4, -0.2) is 66.3 Å². The molecule has 3 N–H and O–H groups in total. The van der Waals surface area contributed by atoms with Gasteiger partial charge in [-0.25, -0.2) is 15.0 Å². The molecule has 0 fully saturated rings. The minimum absolute atomic E-state index is 0.0283. The summed E-state index contributed by atoms with van der Waals surface area (Å²) in [6.45, 7) is 0.676. The lowest BCUT2D eigenvalue weighted by atomic mass is 9.98. The van der Waals surface area contributed by atoms with Crippen LogP contribution in [-0.2, 0) is 6.42 Å². The fourth-order valence-electron chi connectivity index (χ4n) is 4.21. The third-order valence-electron chi connectivity index (χ3n) is 6.03. The first-order valence-corrected chi connectivity index (χ1v) is 11.9. The smallest absolute Gasteiger partial charge is 0.250 e. The van der Waals surface area contributed by atoms with Crippen molar-refractivity contribution in [2.45, 2.75) is 12.5 Å². The Balaban J connectivity index is 1.63. The van der Waals surface area contributed by atoms with E-state index in [1.807, 2.05) is 69.5 Å². The summed E-state index contributed by atoms with van der Waals surface area (Å²) in [5.41, 5.74) is 8.96. The van der Waals surface area contributed by atoms with Crippen LogP contribution in [0.2, 0.25) is 0 Å². The molecule has 9 nitrogen and oxygen atoms in total. The lowest BCUT2D eigenvalue weighted by Gasteiger charge is -2.24. The summed E-state index contributed by atoms with van der Waals surface area (Å²) in [4.78, 5) is 41.9. The summed E-state index contributed by atoms with van der Waals surface area (Å²) >= 11 is 0. The number of para-hydroxylation sites is 1. The Kier molecular flexibility index (Phi) is 7.74. The number of nitrogens with one attached hydrogen (secondary N) is 1. The summed E-state index contributed by atoms with van der Waals surface area (Å²) in [6.07, 6.45) is 3.36. The van der Waals surface area contributed by atoms with E-state index in [0.29, 0.717) is 34.4 Å². The minimum atomic E-state index is -0.538. The van der Waals surface area contributed by atoms with Crippen LogP contribution < -0.4 is 16.0 Å². The molecule has 4 rings (SSSR count). The van der Waals surface area contributed by atoms with Crippen molar-refractivity contribution in [1.29, 1.82) is 0 Å². The van der Waals surface area contributed by atoms with E-state index in [-0.39, 0.29) is 18.2 Å². The van der Waals surface area contributed by atoms with Crippen molar-refractivity contribution in [2.75, 3.05) is 45.0 Å². The second-order valence-electron chi connectivity index (χ2n) is 9.39. The number of primary amides is 1. The molecule has 0 aliphatic carbocycles. The molecule has 190 valence electrons. The maximum atomic E-state index is 13.0. The third-order valence-corrected chi connectivity index (χ3v) is 6.03. The van der Waals surface area contributed by atoms with Gasteiger partial charge in [0, 0.05) is 44.2 Å². The van der Waals surface area contributed by atoms with Crippen LogP contribution >= 0.6 is 0 Å². The number of Topliss-reactive ketones (excluding diaryl/α,β-unsaturated/α-hetero) is 1. The number of ketones is 1. The molecule has 0 spiro atoms. The Hall–Kier alpha value is -4.37. The molecule has 0 aliphatic rings. The monoisotopic (exact) mass is 497 g/mol. The van der Waals surface area contributed by atoms with E-state index in [2.05, 4.69) is 25.2 Å². The molecule has 37 heavy (non-hydrogen) atoms. The highest BCUT2D eigenvalue weighted by molar-refractivity contribution is 6.06. The van der Waals surface area contributed by atoms with Crippen molar-refractivity contribution in [2.24, 2.45) is 5.73 Å². The minimum Gasteiger partial charge on any atom is -0.366 e. The Morgan fingerprint density at radius 3 is 2.49 bits per heavy atom. The van der Waals surface area contributed by atoms with Crippen molar-refractivity contribution < 1.29 is 9.59 Å². The Labute approximate surface area is 216 Å². The van der Waals surface area contributed by atoms with Crippen LogP contribution in [0.1, 0.15) is 37.9 Å². The normalized spacial score (nSPS) is 11.9. The number of likely N-dealkylation sites (N-methyl/N-ethyl adjacent to an activating group) is 1. The van der Waals surface area contributed by atoms with Gasteiger partial charge in [-0.3, -0.25) is 9.59 Å². The van der Waals surface area contributed by atoms with Crippen LogP contribution in [0.3, 0.4) is 0 Å². The molecule has 4 aromatic rings. The number of aromatic nitrogens is 3. The molecule has 9 heteroatoms. The SMILES string of the molecule is CN(C)CC(Nc1ncnc2c(C(N)=O)cccc12)c1cccc(CC(=O)c2ccnc(N(C)C)c2)c1. The van der Waals surface area contributed by atoms with Gasteiger partial charge < -0.3 is 20.9 Å². The average Bonchev–Trinajstić information content (AvgIpc) is 2.88. The molecule has 1 amide bonds. The molecule has 0 aliphatic heterocycles. The number of benzene rings is 2. The average molecular weight is 498 g/mol. The van der Waals surface area contributed by atoms with Crippen LogP contribution in [0, 0.1) is 0 Å².